The van der Waals surface area contributed by atoms with Crippen molar-refractivity contribution in [1.82, 2.24) is 20.4 Å². The minimum absolute atomic E-state index is 0.0315. The van der Waals surface area contributed by atoms with E-state index in [2.05, 4.69) is 97.6 Å². The molecular weight excluding hydrogens is 622 g/mol. The first-order chi connectivity index (χ1) is 23.9. The van der Waals surface area contributed by atoms with Gasteiger partial charge in [0.15, 0.2) is 0 Å². The summed E-state index contributed by atoms with van der Waals surface area (Å²) >= 11 is 0. The number of nitrogens with zero attached hydrogens (tertiary/aromatic N) is 3. The molecule has 2 aliphatic carbocycles. The fourth-order valence-corrected chi connectivity index (χ4v) is 9.03. The highest BCUT2D eigenvalue weighted by Crippen LogP contribution is 2.36. The van der Waals surface area contributed by atoms with Crippen LogP contribution in [-0.4, -0.2) is 79.4 Å². The third kappa shape index (κ3) is 9.28. The van der Waals surface area contributed by atoms with Crippen molar-refractivity contribution in [3.63, 3.8) is 0 Å². The smallest absolute Gasteiger partial charge is 0.251 e. The van der Waals surface area contributed by atoms with Crippen LogP contribution in [0.1, 0.15) is 119 Å². The third-order valence-corrected chi connectivity index (χ3v) is 11.8. The van der Waals surface area contributed by atoms with E-state index in [1.807, 2.05) is 6.07 Å². The normalized spacial score (nSPS) is 25.2. The largest absolute Gasteiger partial charge is 0.371 e. The number of carbonyl (C=O) groups excluding carboxylic acids is 3. The number of likely N-dealkylation sites (tertiary alicyclic amines) is 1. The Balaban J connectivity index is 1.38. The lowest BCUT2D eigenvalue weighted by Crippen LogP contribution is -2.56. The van der Waals surface area contributed by atoms with E-state index in [0.717, 1.165) is 73.9 Å². The number of rotatable bonds is 10. The van der Waals surface area contributed by atoms with Gasteiger partial charge in [-0.15, -0.1) is 0 Å². The second-order valence-corrected chi connectivity index (χ2v) is 16.0. The van der Waals surface area contributed by atoms with Gasteiger partial charge in [-0.3, -0.25) is 14.4 Å². The highest BCUT2D eigenvalue weighted by Gasteiger charge is 2.41. The van der Waals surface area contributed by atoms with Gasteiger partial charge < -0.3 is 25.3 Å². The molecule has 3 unspecified atom stereocenters. The molecule has 50 heavy (non-hydrogen) atoms. The molecule has 3 atom stereocenters. The average Bonchev–Trinajstić information content (AvgIpc) is 3.05. The van der Waals surface area contributed by atoms with Crippen molar-refractivity contribution >= 4 is 23.4 Å². The fourth-order valence-electron chi connectivity index (χ4n) is 9.03. The maximum Gasteiger partial charge on any atom is 0.251 e. The lowest BCUT2D eigenvalue weighted by atomic mass is 9.80. The molecule has 0 radical (unpaired) electrons. The summed E-state index contributed by atoms with van der Waals surface area (Å²) in [7, 11) is 6.29. The molecule has 0 bridgehead atoms. The van der Waals surface area contributed by atoms with Gasteiger partial charge in [-0.2, -0.15) is 0 Å². The first kappa shape index (κ1) is 37.9. The zero-order chi connectivity index (χ0) is 35.9. The molecule has 3 amide bonds. The highest BCUT2D eigenvalue weighted by atomic mass is 16.2. The molecule has 0 aromatic heterocycles. The van der Waals surface area contributed by atoms with Crippen LogP contribution in [0.5, 0.6) is 0 Å². The van der Waals surface area contributed by atoms with Crippen molar-refractivity contribution in [3.8, 4) is 11.1 Å². The second kappa shape index (κ2) is 17.2. The number of benzene rings is 2. The number of piperidine rings is 1. The van der Waals surface area contributed by atoms with E-state index in [1.165, 1.54) is 37.7 Å². The molecule has 2 aromatic rings. The van der Waals surface area contributed by atoms with Crippen LogP contribution < -0.4 is 15.5 Å². The van der Waals surface area contributed by atoms with E-state index < -0.39 is 0 Å². The van der Waals surface area contributed by atoms with E-state index in [-0.39, 0.29) is 41.6 Å². The van der Waals surface area contributed by atoms with Crippen LogP contribution in [0, 0.1) is 18.8 Å². The van der Waals surface area contributed by atoms with E-state index in [1.54, 1.807) is 6.92 Å². The van der Waals surface area contributed by atoms with Gasteiger partial charge in [0.1, 0.15) is 0 Å². The molecule has 274 valence electrons. The Morgan fingerprint density at radius 3 is 2.12 bits per heavy atom. The van der Waals surface area contributed by atoms with Crippen LogP contribution in [0.15, 0.2) is 36.4 Å². The van der Waals surface area contributed by atoms with Crippen LogP contribution in [0.25, 0.3) is 11.1 Å². The Morgan fingerprint density at radius 2 is 1.50 bits per heavy atom. The SMILES string of the molecule is CC(=O)NC1CCC(N(C)c2cc(-c3ccc(CN(C)C)cc3)cc(C(=O)NCC3C(=O)N(C4CCCCCCC4)C(C)CC3C)c2C)CC1. The molecule has 0 spiro atoms. The van der Waals surface area contributed by atoms with Crippen molar-refractivity contribution in [3.05, 3.63) is 53.1 Å². The summed E-state index contributed by atoms with van der Waals surface area (Å²) < 4.78 is 0. The second-order valence-electron chi connectivity index (χ2n) is 16.0. The Bertz CT molecular complexity index is 1460. The molecule has 1 saturated heterocycles. The lowest BCUT2D eigenvalue weighted by Gasteiger charge is -2.46. The molecule has 2 aromatic carbocycles. The van der Waals surface area contributed by atoms with Gasteiger partial charge in [-0.1, -0.05) is 63.3 Å². The van der Waals surface area contributed by atoms with Gasteiger partial charge in [-0.05, 0) is 113 Å². The van der Waals surface area contributed by atoms with Gasteiger partial charge in [-0.25, -0.2) is 0 Å². The van der Waals surface area contributed by atoms with Gasteiger partial charge in [0, 0.05) is 62.5 Å². The fraction of sp³-hybridized carbons (Fsp3) is 0.643. The molecule has 2 saturated carbocycles. The number of amides is 3. The summed E-state index contributed by atoms with van der Waals surface area (Å²) in [6, 6.07) is 14.0. The van der Waals surface area contributed by atoms with E-state index >= 15 is 0 Å². The topological polar surface area (TPSA) is 85.0 Å². The van der Waals surface area contributed by atoms with Crippen molar-refractivity contribution in [2.45, 2.75) is 135 Å². The molecular formula is C42H63N5O3. The minimum Gasteiger partial charge on any atom is -0.371 e. The zero-order valence-electron chi connectivity index (χ0n) is 31.9. The standard InChI is InChI=1S/C42H63N5O3/c1-28-23-29(2)47(37-13-11-9-8-10-12-14-37)42(50)39(28)26-43-41(49)38-24-34(33-17-15-32(16-18-33)27-45(5)6)25-40(30(38)3)46(7)36-21-19-35(20-22-36)44-31(4)48/h15-18,24-25,28-29,35-37,39H,8-14,19-23,26-27H2,1-7H3,(H,43,49)(H,44,48). The zero-order valence-corrected chi connectivity index (χ0v) is 31.9. The Hall–Kier alpha value is -3.39. The van der Waals surface area contributed by atoms with Crippen LogP contribution in [0.4, 0.5) is 5.69 Å². The maximum atomic E-state index is 14.2. The number of anilines is 1. The third-order valence-electron chi connectivity index (χ3n) is 11.8. The van der Waals surface area contributed by atoms with E-state index in [9.17, 15) is 14.4 Å². The predicted octanol–water partition coefficient (Wildman–Crippen LogP) is 7.32. The summed E-state index contributed by atoms with van der Waals surface area (Å²) in [6.45, 7) is 9.27. The van der Waals surface area contributed by atoms with Crippen molar-refractivity contribution in [1.29, 1.82) is 0 Å². The summed E-state index contributed by atoms with van der Waals surface area (Å²) in [5, 5.41) is 6.36. The summed E-state index contributed by atoms with van der Waals surface area (Å²) in [5.74, 6) is 0.137. The first-order valence-electron chi connectivity index (χ1n) is 19.4. The highest BCUT2D eigenvalue weighted by molar-refractivity contribution is 5.99. The Morgan fingerprint density at radius 1 is 0.860 bits per heavy atom. The molecule has 5 rings (SSSR count). The molecule has 1 heterocycles. The van der Waals surface area contributed by atoms with Crippen molar-refractivity contribution in [2.24, 2.45) is 11.8 Å². The van der Waals surface area contributed by atoms with Gasteiger partial charge in [0.25, 0.3) is 5.91 Å². The quantitative estimate of drug-likeness (QED) is 0.274. The number of hydrogen-bond donors (Lipinski definition) is 2. The first-order valence-corrected chi connectivity index (χ1v) is 19.4. The molecule has 3 fully saturated rings. The number of carbonyl (C=O) groups is 3. The molecule has 1 aliphatic heterocycles. The molecule has 2 N–H and O–H groups in total. The van der Waals surface area contributed by atoms with Gasteiger partial charge in [0.2, 0.25) is 11.8 Å². The van der Waals surface area contributed by atoms with Crippen molar-refractivity contribution in [2.75, 3.05) is 32.6 Å². The monoisotopic (exact) mass is 685 g/mol. The molecule has 8 nitrogen and oxygen atoms in total. The van der Waals surface area contributed by atoms with Crippen LogP contribution in [0.2, 0.25) is 0 Å². The van der Waals surface area contributed by atoms with Gasteiger partial charge in [0.05, 0.1) is 5.92 Å². The number of hydrogen-bond acceptors (Lipinski definition) is 5. The average molecular weight is 686 g/mol. The summed E-state index contributed by atoms with van der Waals surface area (Å²) in [5.41, 5.74) is 6.00. The maximum absolute atomic E-state index is 14.2. The molecule has 3 aliphatic rings. The van der Waals surface area contributed by atoms with Crippen LogP contribution in [-0.2, 0) is 16.1 Å². The Kier molecular flexibility index (Phi) is 13.0. The minimum atomic E-state index is -0.214. The van der Waals surface area contributed by atoms with Gasteiger partial charge >= 0.3 is 0 Å². The van der Waals surface area contributed by atoms with Crippen molar-refractivity contribution < 1.29 is 14.4 Å². The van der Waals surface area contributed by atoms with Crippen LogP contribution >= 0.6 is 0 Å². The Labute approximate surface area is 301 Å². The van der Waals surface area contributed by atoms with Crippen LogP contribution in [0.3, 0.4) is 0 Å². The lowest BCUT2D eigenvalue weighted by molar-refractivity contribution is -0.147. The van der Waals surface area contributed by atoms with E-state index in [4.69, 9.17) is 0 Å². The predicted molar refractivity (Wildman–Crippen MR) is 204 cm³/mol. The van der Waals surface area contributed by atoms with E-state index in [0.29, 0.717) is 24.2 Å². The molecule has 8 heteroatoms. The number of nitrogens with one attached hydrogen (secondary N) is 2. The summed E-state index contributed by atoms with van der Waals surface area (Å²) in [4.78, 5) is 46.7. The summed E-state index contributed by atoms with van der Waals surface area (Å²) in [6.07, 6.45) is 13.2.